The zero-order valence-corrected chi connectivity index (χ0v) is 23.2. The maximum absolute atomic E-state index is 13.1. The number of ether oxygens (including phenoxy) is 2. The van der Waals surface area contributed by atoms with Crippen LogP contribution in [0.25, 0.3) is 0 Å². The highest BCUT2D eigenvalue weighted by molar-refractivity contribution is 7.89. The van der Waals surface area contributed by atoms with Crippen LogP contribution in [0.4, 0.5) is 9.80 Å². The van der Waals surface area contributed by atoms with Gasteiger partial charge in [0.15, 0.2) is 0 Å². The summed E-state index contributed by atoms with van der Waals surface area (Å²) in [5, 5.41) is 3.11. The predicted molar refractivity (Wildman–Crippen MR) is 141 cm³/mol. The molecule has 12 heteroatoms. The number of methoxy groups -OCH3 is 1. The third-order valence-electron chi connectivity index (χ3n) is 5.90. The van der Waals surface area contributed by atoms with Crippen LogP contribution in [0.5, 0.6) is 0 Å². The number of nitrogens with one attached hydrogen (secondary N) is 1. The van der Waals surface area contributed by atoms with Crippen molar-refractivity contribution in [2.75, 3.05) is 38.7 Å². The van der Waals surface area contributed by atoms with Crippen molar-refractivity contribution in [3.63, 3.8) is 0 Å². The van der Waals surface area contributed by atoms with E-state index >= 15 is 0 Å². The molecule has 10 nitrogen and oxygen atoms in total. The molecule has 202 valence electrons. The lowest BCUT2D eigenvalue weighted by molar-refractivity contribution is 0.0526. The maximum atomic E-state index is 13.1. The van der Waals surface area contributed by atoms with Gasteiger partial charge in [0.05, 0.1) is 30.7 Å². The van der Waals surface area contributed by atoms with Crippen LogP contribution < -0.4 is 5.32 Å². The molecule has 1 N–H and O–H groups in total. The number of carbonyl (C=O) groups excluding carboxylic acids is 3. The number of sulfonamides is 1. The van der Waals surface area contributed by atoms with Gasteiger partial charge in [0.25, 0.3) is 5.91 Å². The third-order valence-corrected chi connectivity index (χ3v) is 8.94. The van der Waals surface area contributed by atoms with E-state index in [0.29, 0.717) is 43.9 Å². The molecule has 0 radical (unpaired) electrons. The summed E-state index contributed by atoms with van der Waals surface area (Å²) in [7, 11) is -2.36. The molecule has 2 aromatic rings. The van der Waals surface area contributed by atoms with Crippen molar-refractivity contribution < 1.29 is 32.3 Å². The Morgan fingerprint density at radius 1 is 1.08 bits per heavy atom. The third kappa shape index (κ3) is 6.31. The fraction of sp³-hybridized carbons (Fsp3) is 0.480. The highest BCUT2D eigenvalue weighted by Gasteiger charge is 2.31. The fourth-order valence-electron chi connectivity index (χ4n) is 4.15. The second-order valence-electron chi connectivity index (χ2n) is 8.45. The molecule has 0 unspecified atom stereocenters. The molecule has 0 fully saturated rings. The Balaban J connectivity index is 1.86. The second kappa shape index (κ2) is 12.5. The van der Waals surface area contributed by atoms with Gasteiger partial charge in [-0.1, -0.05) is 13.8 Å². The van der Waals surface area contributed by atoms with Gasteiger partial charge in [0, 0.05) is 30.1 Å². The molecule has 0 aliphatic carbocycles. The van der Waals surface area contributed by atoms with Gasteiger partial charge in [0.2, 0.25) is 10.0 Å². The van der Waals surface area contributed by atoms with Crippen LogP contribution in [0.3, 0.4) is 0 Å². The van der Waals surface area contributed by atoms with Gasteiger partial charge < -0.3 is 19.7 Å². The zero-order valence-electron chi connectivity index (χ0n) is 21.5. The number of rotatable bonds is 10. The normalized spacial score (nSPS) is 13.3. The van der Waals surface area contributed by atoms with Crippen LogP contribution in [0.15, 0.2) is 29.2 Å². The van der Waals surface area contributed by atoms with Crippen LogP contribution in [-0.2, 0) is 32.5 Å². The maximum Gasteiger partial charge on any atom is 0.409 e. The first-order valence-electron chi connectivity index (χ1n) is 12.2. The summed E-state index contributed by atoms with van der Waals surface area (Å²) in [5.74, 6) is -1.04. The summed E-state index contributed by atoms with van der Waals surface area (Å²) < 4.78 is 37.5. The Hall–Kier alpha value is -2.96. The lowest BCUT2D eigenvalue weighted by Gasteiger charge is -2.25. The van der Waals surface area contributed by atoms with Crippen LogP contribution in [0, 0.1) is 0 Å². The largest absolute Gasteiger partial charge is 0.462 e. The van der Waals surface area contributed by atoms with Gasteiger partial charge in [-0.05, 0) is 56.0 Å². The van der Waals surface area contributed by atoms with E-state index < -0.39 is 28.0 Å². The van der Waals surface area contributed by atoms with Crippen LogP contribution >= 0.6 is 11.3 Å². The minimum absolute atomic E-state index is 0.118. The molecule has 1 aromatic heterocycles. The van der Waals surface area contributed by atoms with Crippen molar-refractivity contribution in [3.8, 4) is 0 Å². The number of thiophene rings is 1. The summed E-state index contributed by atoms with van der Waals surface area (Å²) in [5.41, 5.74) is 1.27. The number of hydrogen-bond acceptors (Lipinski definition) is 8. The summed E-state index contributed by atoms with van der Waals surface area (Å²) >= 11 is 1.21. The van der Waals surface area contributed by atoms with Crippen molar-refractivity contribution >= 4 is 44.3 Å². The predicted octanol–water partition coefficient (Wildman–Crippen LogP) is 4.11. The van der Waals surface area contributed by atoms with Gasteiger partial charge in [-0.2, -0.15) is 4.31 Å². The van der Waals surface area contributed by atoms with Crippen LogP contribution in [0.2, 0.25) is 0 Å². The molecule has 1 aliphatic rings. The molecule has 2 amide bonds. The second-order valence-corrected chi connectivity index (χ2v) is 11.5. The summed E-state index contributed by atoms with van der Waals surface area (Å²) in [6.45, 7) is 7.20. The standard InChI is InChI=1S/C25H33N3O7S2/c1-5-13-28(14-6-2)37(32,33)18-10-8-17(9-11-18)22(29)26-23-21(24(30)35-7-3)19-12-15-27(25(31)34-4)16-20(19)36-23/h8-11H,5-7,12-16H2,1-4H3,(H,26,29). The highest BCUT2D eigenvalue weighted by atomic mass is 32.2. The summed E-state index contributed by atoms with van der Waals surface area (Å²) in [6.07, 6.45) is 1.35. The molecule has 0 atom stereocenters. The Bertz CT molecular complexity index is 1230. The summed E-state index contributed by atoms with van der Waals surface area (Å²) in [6, 6.07) is 5.74. The fourth-order valence-corrected chi connectivity index (χ4v) is 7.02. The van der Waals surface area contributed by atoms with Gasteiger partial charge in [0.1, 0.15) is 5.00 Å². The van der Waals surface area contributed by atoms with Gasteiger partial charge in [-0.3, -0.25) is 4.79 Å². The molecule has 1 aromatic carbocycles. The number of nitrogens with zero attached hydrogens (tertiary/aromatic N) is 2. The Kier molecular flexibility index (Phi) is 9.68. The average Bonchev–Trinajstić information content (AvgIpc) is 3.25. The molecule has 2 heterocycles. The number of esters is 1. The smallest absolute Gasteiger partial charge is 0.409 e. The number of hydrogen-bond donors (Lipinski definition) is 1. The molecular weight excluding hydrogens is 518 g/mol. The molecule has 0 saturated heterocycles. The Morgan fingerprint density at radius 2 is 1.73 bits per heavy atom. The monoisotopic (exact) mass is 551 g/mol. The SMILES string of the molecule is CCCN(CCC)S(=O)(=O)c1ccc(C(=O)Nc2sc3c(c2C(=O)OCC)CCN(C(=O)OC)C3)cc1. The molecule has 1 aliphatic heterocycles. The van der Waals surface area contributed by atoms with Crippen molar-refractivity contribution in [2.45, 2.75) is 51.5 Å². The van der Waals surface area contributed by atoms with Crippen molar-refractivity contribution in [1.29, 1.82) is 0 Å². The lowest BCUT2D eigenvalue weighted by atomic mass is 10.0. The molecule has 3 rings (SSSR count). The van der Waals surface area contributed by atoms with E-state index in [1.54, 1.807) is 6.92 Å². The van der Waals surface area contributed by atoms with Crippen molar-refractivity contribution in [2.24, 2.45) is 0 Å². The van der Waals surface area contributed by atoms with E-state index in [2.05, 4.69) is 5.32 Å². The Morgan fingerprint density at radius 3 is 2.30 bits per heavy atom. The Labute approximate surface area is 221 Å². The summed E-state index contributed by atoms with van der Waals surface area (Å²) in [4.78, 5) is 40.2. The van der Waals surface area contributed by atoms with Crippen molar-refractivity contribution in [3.05, 3.63) is 45.8 Å². The lowest BCUT2D eigenvalue weighted by Crippen LogP contribution is -2.35. The van der Waals surface area contributed by atoms with Crippen molar-refractivity contribution in [1.82, 2.24) is 9.21 Å². The molecule has 37 heavy (non-hydrogen) atoms. The van der Waals surface area contributed by atoms with Gasteiger partial charge in [-0.25, -0.2) is 18.0 Å². The van der Waals surface area contributed by atoms with Crippen LogP contribution in [-0.4, -0.2) is 68.9 Å². The van der Waals surface area contributed by atoms with E-state index in [1.807, 2.05) is 13.8 Å². The van der Waals surface area contributed by atoms with E-state index in [-0.39, 0.29) is 29.2 Å². The number of fused-ring (bicyclic) bond motifs is 1. The van der Waals surface area contributed by atoms with E-state index in [9.17, 15) is 22.8 Å². The minimum Gasteiger partial charge on any atom is -0.462 e. The quantitative estimate of drug-likeness (QED) is 0.441. The molecule has 0 bridgehead atoms. The minimum atomic E-state index is -3.67. The number of anilines is 1. The number of benzene rings is 1. The van der Waals surface area contributed by atoms with Gasteiger partial charge in [-0.15, -0.1) is 11.3 Å². The topological polar surface area (TPSA) is 122 Å². The zero-order chi connectivity index (χ0) is 27.2. The van der Waals surface area contributed by atoms with E-state index in [1.165, 1.54) is 51.9 Å². The number of amides is 2. The molecular formula is C25H33N3O7S2. The highest BCUT2D eigenvalue weighted by Crippen LogP contribution is 2.38. The number of carbonyl (C=O) groups is 3. The van der Waals surface area contributed by atoms with E-state index in [0.717, 1.165) is 10.4 Å². The van der Waals surface area contributed by atoms with Gasteiger partial charge >= 0.3 is 12.1 Å². The first-order chi connectivity index (χ1) is 17.7. The first kappa shape index (κ1) is 28.6. The molecule has 0 spiro atoms. The van der Waals surface area contributed by atoms with E-state index in [4.69, 9.17) is 9.47 Å². The molecule has 0 saturated carbocycles. The average molecular weight is 552 g/mol. The van der Waals surface area contributed by atoms with Crippen LogP contribution in [0.1, 0.15) is 64.8 Å². The first-order valence-corrected chi connectivity index (χ1v) is 14.5.